The van der Waals surface area contributed by atoms with Gasteiger partial charge in [-0.15, -0.1) is 0 Å². The maximum atomic E-state index is 9.96. The predicted octanol–water partition coefficient (Wildman–Crippen LogP) is 2.51. The Kier molecular flexibility index (Phi) is 4.98. The largest absolute Gasteiger partial charge is 0.508 e. The second-order valence-electron chi connectivity index (χ2n) is 7.34. The molecule has 3 N–H and O–H groups in total. The molecule has 0 bridgehead atoms. The minimum atomic E-state index is -0.232. The van der Waals surface area contributed by atoms with Crippen LogP contribution in [0.5, 0.6) is 23.1 Å². The Hall–Kier alpha value is -3.32. The Labute approximate surface area is 169 Å². The van der Waals surface area contributed by atoms with Gasteiger partial charge in [-0.1, -0.05) is 29.2 Å². The normalized spacial score (nSPS) is 14.8. The van der Waals surface area contributed by atoms with E-state index >= 15 is 0 Å². The number of nitrogens with zero attached hydrogens (tertiary/aromatic N) is 3. The number of methoxy groups -OCH3 is 1. The molecule has 0 spiro atoms. The van der Waals surface area contributed by atoms with Gasteiger partial charge in [0, 0.05) is 23.7 Å². The highest BCUT2D eigenvalue weighted by atomic mass is 16.5. The summed E-state index contributed by atoms with van der Waals surface area (Å²) in [5.74, 6) is 2.27. The summed E-state index contributed by atoms with van der Waals surface area (Å²) in [5, 5.41) is 9.96. The van der Waals surface area contributed by atoms with E-state index in [1.165, 1.54) is 0 Å². The Bertz CT molecular complexity index is 1050. The fraction of sp³-hybridized carbons (Fsp3) is 0.273. The Balaban J connectivity index is 1.93. The molecule has 0 aliphatic carbocycles. The van der Waals surface area contributed by atoms with Gasteiger partial charge in [0.1, 0.15) is 22.8 Å². The van der Waals surface area contributed by atoms with Crippen molar-refractivity contribution in [2.45, 2.75) is 12.5 Å². The smallest absolute Gasteiger partial charge is 0.306 e. The highest BCUT2D eigenvalue weighted by Gasteiger charge is 2.37. The zero-order valence-electron chi connectivity index (χ0n) is 16.8. The van der Waals surface area contributed by atoms with Crippen molar-refractivity contribution in [3.8, 4) is 23.1 Å². The molecular formula is C22H25N4O3+. The summed E-state index contributed by atoms with van der Waals surface area (Å²) in [6.07, 6.45) is 1.70. The van der Waals surface area contributed by atoms with Gasteiger partial charge in [0.15, 0.2) is 0 Å². The van der Waals surface area contributed by atoms with Gasteiger partial charge >= 0.3 is 5.88 Å². The van der Waals surface area contributed by atoms with Crippen LogP contribution in [0, 0.1) is 0 Å². The van der Waals surface area contributed by atoms with Crippen molar-refractivity contribution in [2.24, 2.45) is 0 Å². The summed E-state index contributed by atoms with van der Waals surface area (Å²) in [6, 6.07) is 13.0. The van der Waals surface area contributed by atoms with Crippen molar-refractivity contribution >= 4 is 5.82 Å². The van der Waals surface area contributed by atoms with Gasteiger partial charge in [0.25, 0.3) is 0 Å². The molecule has 1 aliphatic heterocycles. The third-order valence-electron chi connectivity index (χ3n) is 5.17. The quantitative estimate of drug-likeness (QED) is 0.507. The summed E-state index contributed by atoms with van der Waals surface area (Å²) in [5.41, 5.74) is 9.30. The van der Waals surface area contributed by atoms with Crippen molar-refractivity contribution in [3.05, 3.63) is 65.5 Å². The topological polar surface area (TPSA) is 84.7 Å². The number of aromatic nitrogens is 2. The van der Waals surface area contributed by atoms with E-state index in [9.17, 15) is 5.11 Å². The maximum Gasteiger partial charge on any atom is 0.306 e. The van der Waals surface area contributed by atoms with E-state index in [2.05, 4.69) is 9.88 Å². The SMILES string of the molecule is COc1ccccc1[C@H]1c2ccc(O)cc2Oc2nc[n+](CCN(C)C)c(N)c21. The number of nitrogens with two attached hydrogens (primary N) is 1. The van der Waals surface area contributed by atoms with Crippen LogP contribution >= 0.6 is 0 Å². The van der Waals surface area contributed by atoms with Crippen molar-refractivity contribution in [2.75, 3.05) is 33.5 Å². The summed E-state index contributed by atoms with van der Waals surface area (Å²) in [4.78, 5) is 6.63. The van der Waals surface area contributed by atoms with Crippen LogP contribution in [-0.4, -0.2) is 42.7 Å². The summed E-state index contributed by atoms with van der Waals surface area (Å²) < 4.78 is 13.6. The number of fused-ring (bicyclic) bond motifs is 2. The first kappa shape index (κ1) is 19.0. The lowest BCUT2D eigenvalue weighted by Crippen LogP contribution is -2.43. The van der Waals surface area contributed by atoms with Gasteiger partial charge in [-0.05, 0) is 26.2 Å². The average molecular weight is 393 g/mol. The molecule has 1 aliphatic rings. The molecule has 150 valence electrons. The molecule has 0 unspecified atom stereocenters. The van der Waals surface area contributed by atoms with Gasteiger partial charge in [-0.3, -0.25) is 0 Å². The number of anilines is 1. The van der Waals surface area contributed by atoms with Crippen molar-refractivity contribution < 1.29 is 19.1 Å². The third-order valence-corrected chi connectivity index (χ3v) is 5.17. The first-order valence-corrected chi connectivity index (χ1v) is 9.45. The van der Waals surface area contributed by atoms with Crippen LogP contribution in [0.4, 0.5) is 5.82 Å². The number of hydrogen-bond donors (Lipinski definition) is 2. The maximum absolute atomic E-state index is 9.96. The van der Waals surface area contributed by atoms with Crippen LogP contribution in [0.15, 0.2) is 48.8 Å². The Morgan fingerprint density at radius 2 is 2.00 bits per heavy atom. The molecule has 0 fully saturated rings. The second-order valence-corrected chi connectivity index (χ2v) is 7.34. The minimum absolute atomic E-state index is 0.135. The number of phenols is 1. The standard InChI is InChI=1S/C22H24N4O3/c1-25(2)10-11-26-13-24-22-20(21(26)23)19(15-6-4-5-7-17(15)28-3)16-9-8-14(27)12-18(16)29-22/h4-9,12-13,19,23,27H,10-11H2,1-3H3/p+1/t19-/m0/s1. The summed E-state index contributed by atoms with van der Waals surface area (Å²) in [6.45, 7) is 1.54. The molecule has 3 aromatic rings. The number of nitrogen functional groups attached to an aromatic ring is 1. The van der Waals surface area contributed by atoms with Gasteiger partial charge in [-0.2, -0.15) is 0 Å². The molecule has 7 heteroatoms. The Morgan fingerprint density at radius 1 is 1.21 bits per heavy atom. The van der Waals surface area contributed by atoms with E-state index in [1.54, 1.807) is 25.6 Å². The van der Waals surface area contributed by atoms with Gasteiger partial charge in [0.05, 0.1) is 19.6 Å². The zero-order valence-corrected chi connectivity index (χ0v) is 16.8. The summed E-state index contributed by atoms with van der Waals surface area (Å²) >= 11 is 0. The lowest BCUT2D eigenvalue weighted by Gasteiger charge is -2.28. The number of hydrogen-bond acceptors (Lipinski definition) is 6. The number of benzene rings is 2. The highest BCUT2D eigenvalue weighted by molar-refractivity contribution is 5.63. The van der Waals surface area contributed by atoms with E-state index in [0.29, 0.717) is 24.0 Å². The molecule has 1 atom stereocenters. The minimum Gasteiger partial charge on any atom is -0.508 e. The van der Waals surface area contributed by atoms with E-state index in [-0.39, 0.29) is 11.7 Å². The molecule has 0 amide bonds. The number of rotatable bonds is 5. The number of ether oxygens (including phenoxy) is 2. The second kappa shape index (κ2) is 7.60. The number of aromatic hydroxyl groups is 1. The van der Waals surface area contributed by atoms with Crippen molar-refractivity contribution in [1.29, 1.82) is 0 Å². The fourth-order valence-corrected chi connectivity index (χ4v) is 3.69. The van der Waals surface area contributed by atoms with Crippen molar-refractivity contribution in [3.63, 3.8) is 0 Å². The zero-order chi connectivity index (χ0) is 20.5. The molecule has 2 heterocycles. The van der Waals surface area contributed by atoms with E-state index < -0.39 is 0 Å². The van der Waals surface area contributed by atoms with Crippen LogP contribution in [0.1, 0.15) is 22.6 Å². The van der Waals surface area contributed by atoms with E-state index in [0.717, 1.165) is 29.0 Å². The lowest BCUT2D eigenvalue weighted by atomic mass is 9.83. The lowest BCUT2D eigenvalue weighted by molar-refractivity contribution is -0.685. The van der Waals surface area contributed by atoms with Crippen LogP contribution in [-0.2, 0) is 6.54 Å². The molecule has 7 nitrogen and oxygen atoms in total. The molecule has 0 saturated heterocycles. The number of para-hydroxylation sites is 1. The molecular weight excluding hydrogens is 368 g/mol. The monoisotopic (exact) mass is 393 g/mol. The Morgan fingerprint density at radius 3 is 2.76 bits per heavy atom. The van der Waals surface area contributed by atoms with Crippen LogP contribution < -0.4 is 19.8 Å². The molecule has 0 radical (unpaired) electrons. The first-order chi connectivity index (χ1) is 14.0. The molecule has 1 aromatic heterocycles. The van der Waals surface area contributed by atoms with Gasteiger partial charge in [0.2, 0.25) is 12.1 Å². The van der Waals surface area contributed by atoms with Crippen LogP contribution in [0.3, 0.4) is 0 Å². The van der Waals surface area contributed by atoms with Crippen molar-refractivity contribution in [1.82, 2.24) is 9.88 Å². The first-order valence-electron chi connectivity index (χ1n) is 9.45. The fourth-order valence-electron chi connectivity index (χ4n) is 3.69. The number of likely N-dealkylation sites (N-methyl/N-ethyl adjacent to an activating group) is 1. The third kappa shape index (κ3) is 3.45. The molecule has 4 rings (SSSR count). The molecule has 0 saturated carbocycles. The predicted molar refractivity (Wildman–Crippen MR) is 110 cm³/mol. The summed E-state index contributed by atoms with van der Waals surface area (Å²) in [7, 11) is 5.69. The number of phenolic OH excluding ortho intramolecular Hbond substituents is 1. The average Bonchev–Trinajstić information content (AvgIpc) is 2.71. The van der Waals surface area contributed by atoms with Crippen LogP contribution in [0.2, 0.25) is 0 Å². The van der Waals surface area contributed by atoms with E-state index in [4.69, 9.17) is 15.2 Å². The highest BCUT2D eigenvalue weighted by Crippen LogP contribution is 2.50. The molecule has 2 aromatic carbocycles. The van der Waals surface area contributed by atoms with Gasteiger partial charge in [-0.25, -0.2) is 4.57 Å². The van der Waals surface area contributed by atoms with Gasteiger partial charge < -0.3 is 25.2 Å². The van der Waals surface area contributed by atoms with Crippen LogP contribution in [0.25, 0.3) is 0 Å². The van der Waals surface area contributed by atoms with E-state index in [1.807, 2.05) is 49.0 Å². The molecule has 29 heavy (non-hydrogen) atoms.